The van der Waals surface area contributed by atoms with E-state index in [0.717, 1.165) is 108 Å². The van der Waals surface area contributed by atoms with Crippen LogP contribution >= 0.6 is 0 Å². The summed E-state index contributed by atoms with van der Waals surface area (Å²) in [6, 6.07) is 37.2. The molecule has 0 radical (unpaired) electrons. The first kappa shape index (κ1) is 77.7. The molecule has 16 N–H and O–H groups in total. The zero-order valence-corrected chi connectivity index (χ0v) is 60.2. The minimum atomic E-state index is -0.169. The first-order chi connectivity index (χ1) is 49.4. The summed E-state index contributed by atoms with van der Waals surface area (Å²) in [5.74, 6) is 3.97. The largest absolute Gasteiger partial charge is 0.508 e. The molecule has 4 saturated carbocycles. The van der Waals surface area contributed by atoms with Gasteiger partial charge in [0.1, 0.15) is 92.0 Å². The van der Waals surface area contributed by atoms with E-state index in [9.17, 15) is 81.7 Å². The van der Waals surface area contributed by atoms with Crippen molar-refractivity contribution < 1.29 is 81.7 Å². The van der Waals surface area contributed by atoms with Gasteiger partial charge in [-0.3, -0.25) is 0 Å². The summed E-state index contributed by atoms with van der Waals surface area (Å²) in [7, 11) is 0. The molecule has 4 aliphatic carbocycles. The van der Waals surface area contributed by atoms with Gasteiger partial charge in [-0.1, -0.05) is 173 Å². The Kier molecular flexibility index (Phi) is 27.6. The molecule has 0 amide bonds. The van der Waals surface area contributed by atoms with Crippen LogP contribution in [0.2, 0.25) is 0 Å². The fourth-order valence-electron chi connectivity index (χ4n) is 17.3. The third-order valence-electron chi connectivity index (χ3n) is 22.9. The van der Waals surface area contributed by atoms with Crippen LogP contribution in [0, 0.1) is 47.3 Å². The Morgan fingerprint density at radius 2 is 0.447 bits per heavy atom. The van der Waals surface area contributed by atoms with Crippen LogP contribution in [0.25, 0.3) is 0 Å². The first-order valence-corrected chi connectivity index (χ1v) is 37.6. The van der Waals surface area contributed by atoms with Crippen molar-refractivity contribution in [3.05, 3.63) is 190 Å². The predicted molar refractivity (Wildman–Crippen MR) is 402 cm³/mol. The molecule has 16 nitrogen and oxygen atoms in total. The molecule has 0 spiro atoms. The van der Waals surface area contributed by atoms with Gasteiger partial charge in [0, 0.05) is 117 Å². The number of hydrogen-bond acceptors (Lipinski definition) is 16. The summed E-state index contributed by atoms with van der Waals surface area (Å²) in [6.07, 6.45) is 26.3. The van der Waals surface area contributed by atoms with E-state index in [1.807, 2.05) is 0 Å². The standard InChI is InChI=1S/C24H32O4.C22H28O4.C21H26O4.C20H24O4/c1-2-3-4-5-16-6-8-17(9-7-16)24(20-12-10-18(25)14-22(20)27)21-13-11-19(26)15-23(21)28;1-2-3-14-4-6-15(7-5-14)22(18-10-8-16(23)12-20(18)25)19-11-9-17(24)13-21(19)26;1-2-13-3-5-14(6-4-13)21(17-9-7-15(22)11-19(17)24)18-10-8-16(23)12-20(18)25;1-12-2-4-13(5-3-12)20(16-8-6-14(21)10-18(16)23)17-9-7-15(22)11-19(17)24/h10-17,24-28H,2-9H2,1H3;8-15,22-26H,2-7H2,1H3;7-14,21-25H,2-6H2,1H3;6-13,20-24H,2-5H2,1H3. The van der Waals surface area contributed by atoms with Crippen LogP contribution in [-0.4, -0.2) is 81.7 Å². The lowest BCUT2D eigenvalue weighted by Crippen LogP contribution is -2.22. The highest BCUT2D eigenvalue weighted by molar-refractivity contribution is 5.55. The Balaban J connectivity index is 0.000000160. The highest BCUT2D eigenvalue weighted by Crippen LogP contribution is 2.53. The molecule has 0 unspecified atom stereocenters. The molecule has 0 bridgehead atoms. The first-order valence-electron chi connectivity index (χ1n) is 37.6. The highest BCUT2D eigenvalue weighted by atomic mass is 16.3. The van der Waals surface area contributed by atoms with E-state index in [4.69, 9.17) is 0 Å². The third kappa shape index (κ3) is 20.5. The highest BCUT2D eigenvalue weighted by Gasteiger charge is 2.37. The molecule has 0 aromatic heterocycles. The van der Waals surface area contributed by atoms with Crippen LogP contribution in [0.3, 0.4) is 0 Å². The summed E-state index contributed by atoms with van der Waals surface area (Å²) >= 11 is 0. The molecular weight excluding hydrogens is 1300 g/mol. The summed E-state index contributed by atoms with van der Waals surface area (Å²) in [6.45, 7) is 8.93. The Bertz CT molecular complexity index is 3800. The maximum absolute atomic E-state index is 10.5. The fraction of sp³-hybridized carbons (Fsp3) is 0.448. The van der Waals surface area contributed by atoms with Crippen LogP contribution in [0.1, 0.15) is 244 Å². The van der Waals surface area contributed by atoms with Gasteiger partial charge in [0.05, 0.1) is 0 Å². The smallest absolute Gasteiger partial charge is 0.123 e. The normalized spacial score (nSPS) is 20.5. The number of hydrogen-bond donors (Lipinski definition) is 16. The van der Waals surface area contributed by atoms with Crippen molar-refractivity contribution in [3.8, 4) is 92.0 Å². The van der Waals surface area contributed by atoms with E-state index in [1.54, 1.807) is 97.1 Å². The number of aromatic hydroxyl groups is 16. The molecule has 4 fully saturated rings. The topological polar surface area (TPSA) is 324 Å². The summed E-state index contributed by atoms with van der Waals surface area (Å²) in [5.41, 5.74) is 5.67. The molecule has 16 heteroatoms. The Labute approximate surface area is 607 Å². The van der Waals surface area contributed by atoms with Crippen molar-refractivity contribution in [2.45, 2.75) is 199 Å². The monoisotopic (exact) mass is 1410 g/mol. The average Bonchev–Trinajstić information content (AvgIpc) is 0.809. The van der Waals surface area contributed by atoms with Crippen LogP contribution in [0.15, 0.2) is 146 Å². The minimum Gasteiger partial charge on any atom is -0.508 e. The van der Waals surface area contributed by atoms with Gasteiger partial charge < -0.3 is 81.7 Å². The van der Waals surface area contributed by atoms with E-state index in [1.165, 1.54) is 106 Å². The summed E-state index contributed by atoms with van der Waals surface area (Å²) < 4.78 is 0. The average molecular weight is 1410 g/mol. The second kappa shape index (κ2) is 36.6. The summed E-state index contributed by atoms with van der Waals surface area (Å²) in [5, 5.41) is 160. The molecule has 103 heavy (non-hydrogen) atoms. The number of phenolic OH excluding ortho intramolecular Hbond substituents is 16. The van der Waals surface area contributed by atoms with Gasteiger partial charge >= 0.3 is 0 Å². The van der Waals surface area contributed by atoms with E-state index >= 15 is 0 Å². The Morgan fingerprint density at radius 1 is 0.243 bits per heavy atom. The molecular formula is C87H110O16. The SMILES string of the molecule is CC1CCC(C(c2ccc(O)cc2O)c2ccc(O)cc2O)CC1.CCC1CCC(C(c2ccc(O)cc2O)c2ccc(O)cc2O)CC1.CCCC1CCC(C(c2ccc(O)cc2O)c2ccc(O)cc2O)CC1.CCCCCC1CCC(C(c2ccc(O)cc2O)c2ccc(O)cc2O)CC1. The molecule has 12 rings (SSSR count). The minimum absolute atomic E-state index is 0.0159. The molecule has 0 saturated heterocycles. The Hall–Kier alpha value is -9.44. The van der Waals surface area contributed by atoms with Gasteiger partial charge in [0.2, 0.25) is 0 Å². The Morgan fingerprint density at radius 3 is 0.641 bits per heavy atom. The molecule has 0 heterocycles. The lowest BCUT2D eigenvalue weighted by atomic mass is 9.70. The lowest BCUT2D eigenvalue weighted by molar-refractivity contribution is 0.239. The van der Waals surface area contributed by atoms with Crippen molar-refractivity contribution in [2.75, 3.05) is 0 Å². The molecule has 0 atom stereocenters. The lowest BCUT2D eigenvalue weighted by Gasteiger charge is -2.35. The number of phenols is 16. The number of unbranched alkanes of at least 4 members (excludes halogenated alkanes) is 2. The number of benzene rings is 8. The third-order valence-corrected chi connectivity index (χ3v) is 22.9. The fourth-order valence-corrected chi connectivity index (χ4v) is 17.3. The second-order valence-corrected chi connectivity index (χ2v) is 29.9. The van der Waals surface area contributed by atoms with E-state index in [-0.39, 0.29) is 116 Å². The molecule has 554 valence electrons. The van der Waals surface area contributed by atoms with Crippen molar-refractivity contribution in [3.63, 3.8) is 0 Å². The van der Waals surface area contributed by atoms with Crippen LogP contribution in [-0.2, 0) is 0 Å². The van der Waals surface area contributed by atoms with Gasteiger partial charge in [-0.15, -0.1) is 0 Å². The second-order valence-electron chi connectivity index (χ2n) is 29.9. The van der Waals surface area contributed by atoms with E-state index in [0.29, 0.717) is 74.1 Å². The van der Waals surface area contributed by atoms with Gasteiger partial charge in [-0.05, 0) is 147 Å². The zero-order valence-electron chi connectivity index (χ0n) is 60.2. The molecule has 8 aromatic rings. The van der Waals surface area contributed by atoms with Crippen molar-refractivity contribution >= 4 is 0 Å². The van der Waals surface area contributed by atoms with Crippen molar-refractivity contribution in [1.82, 2.24) is 0 Å². The molecule has 0 aliphatic heterocycles. The maximum Gasteiger partial charge on any atom is 0.123 e. The molecule has 4 aliphatic rings. The van der Waals surface area contributed by atoms with Crippen molar-refractivity contribution in [2.24, 2.45) is 47.3 Å². The van der Waals surface area contributed by atoms with Gasteiger partial charge in [-0.25, -0.2) is 0 Å². The van der Waals surface area contributed by atoms with Gasteiger partial charge in [0.25, 0.3) is 0 Å². The van der Waals surface area contributed by atoms with Crippen molar-refractivity contribution in [1.29, 1.82) is 0 Å². The quantitative estimate of drug-likeness (QED) is 0.0335. The zero-order chi connectivity index (χ0) is 74.0. The molecule has 8 aromatic carbocycles. The van der Waals surface area contributed by atoms with Crippen LogP contribution in [0.5, 0.6) is 92.0 Å². The summed E-state index contributed by atoms with van der Waals surface area (Å²) in [4.78, 5) is 0. The van der Waals surface area contributed by atoms with Crippen LogP contribution in [0.4, 0.5) is 0 Å². The maximum atomic E-state index is 10.5. The van der Waals surface area contributed by atoms with E-state index in [2.05, 4.69) is 27.7 Å². The van der Waals surface area contributed by atoms with E-state index < -0.39 is 0 Å². The van der Waals surface area contributed by atoms with Gasteiger partial charge in [0.15, 0.2) is 0 Å². The predicted octanol–water partition coefficient (Wildman–Crippen LogP) is 20.6. The number of rotatable bonds is 19. The van der Waals surface area contributed by atoms with Gasteiger partial charge in [-0.2, -0.15) is 0 Å². The van der Waals surface area contributed by atoms with Crippen LogP contribution < -0.4 is 0 Å².